The van der Waals surface area contributed by atoms with Crippen LogP contribution in [0.4, 0.5) is 0 Å². The molecule has 0 aliphatic heterocycles. The summed E-state index contributed by atoms with van der Waals surface area (Å²) in [6.07, 6.45) is 1.95. The van der Waals surface area contributed by atoms with Gasteiger partial charge in [0, 0.05) is 18.0 Å². The minimum absolute atomic E-state index is 0.0114. The van der Waals surface area contributed by atoms with Gasteiger partial charge in [0.15, 0.2) is 0 Å². The van der Waals surface area contributed by atoms with Crippen molar-refractivity contribution >= 4 is 28.5 Å². The summed E-state index contributed by atoms with van der Waals surface area (Å²) in [5.74, 6) is 1.89. The van der Waals surface area contributed by atoms with Crippen LogP contribution in [0.2, 0.25) is 5.02 Å². The maximum Gasteiger partial charge on any atom is 0.224 e. The van der Waals surface area contributed by atoms with Crippen LogP contribution in [0, 0.1) is 6.92 Å². The molecule has 0 bridgehead atoms. The quantitative estimate of drug-likeness (QED) is 0.323. The Balaban J connectivity index is 1.31. The molecule has 1 N–H and O–H groups in total. The lowest BCUT2D eigenvalue weighted by molar-refractivity contribution is -0.120. The number of amides is 1. The van der Waals surface area contributed by atoms with E-state index in [9.17, 15) is 4.79 Å². The van der Waals surface area contributed by atoms with E-state index in [0.29, 0.717) is 31.1 Å². The van der Waals surface area contributed by atoms with Crippen LogP contribution in [-0.4, -0.2) is 28.6 Å². The summed E-state index contributed by atoms with van der Waals surface area (Å²) in [5, 5.41) is 3.68. The summed E-state index contributed by atoms with van der Waals surface area (Å²) in [6, 6.07) is 23.6. The van der Waals surface area contributed by atoms with Crippen molar-refractivity contribution in [1.82, 2.24) is 14.9 Å². The number of aromatic nitrogens is 2. The fourth-order valence-electron chi connectivity index (χ4n) is 3.78. The number of para-hydroxylation sites is 2. The number of hydrogen-bond acceptors (Lipinski definition) is 3. The lowest BCUT2D eigenvalue weighted by Gasteiger charge is -2.11. The van der Waals surface area contributed by atoms with Crippen LogP contribution in [0.3, 0.4) is 0 Å². The molecule has 3 aromatic carbocycles. The lowest BCUT2D eigenvalue weighted by Crippen LogP contribution is -2.26. The van der Waals surface area contributed by atoms with Gasteiger partial charge in [0.1, 0.15) is 18.2 Å². The Labute approximate surface area is 199 Å². The molecule has 4 aromatic rings. The number of benzene rings is 3. The zero-order valence-electron chi connectivity index (χ0n) is 18.8. The normalized spacial score (nSPS) is 11.0. The smallest absolute Gasteiger partial charge is 0.224 e. The van der Waals surface area contributed by atoms with E-state index in [1.54, 1.807) is 12.1 Å². The second-order valence-corrected chi connectivity index (χ2v) is 8.52. The first-order valence-corrected chi connectivity index (χ1v) is 11.6. The molecule has 5 nitrogen and oxygen atoms in total. The highest BCUT2D eigenvalue weighted by Gasteiger charge is 2.11. The average molecular weight is 462 g/mol. The van der Waals surface area contributed by atoms with Crippen molar-refractivity contribution in [3.63, 3.8) is 0 Å². The van der Waals surface area contributed by atoms with Crippen molar-refractivity contribution in [3.8, 4) is 5.75 Å². The van der Waals surface area contributed by atoms with Crippen LogP contribution < -0.4 is 10.1 Å². The van der Waals surface area contributed by atoms with E-state index in [1.807, 2.05) is 42.5 Å². The first-order valence-electron chi connectivity index (χ1n) is 11.2. The van der Waals surface area contributed by atoms with Crippen LogP contribution in [0.25, 0.3) is 11.0 Å². The summed E-state index contributed by atoms with van der Waals surface area (Å²) >= 11 is 5.90. The highest BCUT2D eigenvalue weighted by atomic mass is 35.5. The zero-order valence-corrected chi connectivity index (χ0v) is 19.5. The molecule has 6 heteroatoms. The number of halogens is 1. The maximum atomic E-state index is 12.2. The van der Waals surface area contributed by atoms with Gasteiger partial charge in [-0.2, -0.15) is 0 Å². The third kappa shape index (κ3) is 6.36. The number of nitrogens with one attached hydrogen (secondary N) is 1. The van der Waals surface area contributed by atoms with E-state index >= 15 is 0 Å². The van der Waals surface area contributed by atoms with E-state index in [0.717, 1.165) is 41.0 Å². The Morgan fingerprint density at radius 1 is 1.03 bits per heavy atom. The Morgan fingerprint density at radius 3 is 2.58 bits per heavy atom. The molecule has 1 aromatic heterocycles. The van der Waals surface area contributed by atoms with Crippen LogP contribution >= 0.6 is 11.6 Å². The molecule has 0 radical (unpaired) electrons. The molecule has 1 heterocycles. The van der Waals surface area contributed by atoms with Crippen molar-refractivity contribution < 1.29 is 9.53 Å². The number of fused-ring (bicyclic) bond motifs is 1. The number of carbonyl (C=O) groups excluding carboxylic acids is 1. The molecule has 0 aliphatic rings. The van der Waals surface area contributed by atoms with Crippen molar-refractivity contribution in [2.45, 2.75) is 32.7 Å². The minimum Gasteiger partial charge on any atom is -0.492 e. The summed E-state index contributed by atoms with van der Waals surface area (Å²) in [6.45, 7) is 3.95. The Bertz CT molecular complexity index is 1200. The molecule has 0 saturated heterocycles. The average Bonchev–Trinajstić information content (AvgIpc) is 3.17. The van der Waals surface area contributed by atoms with Crippen LogP contribution in [0.5, 0.6) is 5.75 Å². The fourth-order valence-corrected chi connectivity index (χ4v) is 3.91. The largest absolute Gasteiger partial charge is 0.492 e. The van der Waals surface area contributed by atoms with Gasteiger partial charge in [-0.15, -0.1) is 0 Å². The van der Waals surface area contributed by atoms with Crippen molar-refractivity contribution in [2.75, 3.05) is 13.2 Å². The number of ether oxygens (including phenoxy) is 1. The van der Waals surface area contributed by atoms with E-state index in [4.69, 9.17) is 21.3 Å². The first kappa shape index (κ1) is 22.9. The number of carbonyl (C=O) groups is 1. The lowest BCUT2D eigenvalue weighted by atomic mass is 10.1. The van der Waals surface area contributed by atoms with Gasteiger partial charge in [-0.25, -0.2) is 4.98 Å². The van der Waals surface area contributed by atoms with Gasteiger partial charge in [-0.05, 0) is 55.3 Å². The fraction of sp³-hybridized carbons (Fsp3) is 0.259. The third-order valence-corrected chi connectivity index (χ3v) is 5.77. The van der Waals surface area contributed by atoms with Gasteiger partial charge in [-0.3, -0.25) is 4.79 Å². The Hall–Kier alpha value is -3.31. The van der Waals surface area contributed by atoms with Gasteiger partial charge in [0.25, 0.3) is 0 Å². The molecule has 1 amide bonds. The Morgan fingerprint density at radius 2 is 1.79 bits per heavy atom. The number of nitrogens with zero attached hydrogens (tertiary/aromatic N) is 2. The number of aryl methyl sites for hydroxylation is 2. The standard InChI is InChI=1S/C27H28ClN3O2/c1-20-8-14-23(15-9-20)33-18-17-31-25-6-3-2-5-24(25)30-26(31)7-4-16-29-27(32)19-21-10-12-22(28)13-11-21/h2-3,5-6,8-15H,4,7,16-19H2,1H3,(H,29,32). The van der Waals surface area contributed by atoms with Gasteiger partial charge >= 0.3 is 0 Å². The molecular formula is C27H28ClN3O2. The molecule has 0 saturated carbocycles. The number of imidazole rings is 1. The molecule has 33 heavy (non-hydrogen) atoms. The van der Waals surface area contributed by atoms with E-state index in [-0.39, 0.29) is 5.91 Å². The van der Waals surface area contributed by atoms with Gasteiger partial charge in [-0.1, -0.05) is 53.6 Å². The maximum absolute atomic E-state index is 12.2. The summed E-state index contributed by atoms with van der Waals surface area (Å²) in [5.41, 5.74) is 4.25. The minimum atomic E-state index is 0.0114. The zero-order chi connectivity index (χ0) is 23.0. The number of hydrogen-bond donors (Lipinski definition) is 1. The monoisotopic (exact) mass is 461 g/mol. The molecule has 170 valence electrons. The summed E-state index contributed by atoms with van der Waals surface area (Å²) < 4.78 is 8.17. The van der Waals surface area contributed by atoms with Crippen molar-refractivity contribution in [1.29, 1.82) is 0 Å². The molecule has 0 spiro atoms. The van der Waals surface area contributed by atoms with Crippen LogP contribution in [0.15, 0.2) is 72.8 Å². The summed E-state index contributed by atoms with van der Waals surface area (Å²) in [7, 11) is 0. The Kier molecular flexibility index (Phi) is 7.63. The van der Waals surface area contributed by atoms with E-state index in [1.165, 1.54) is 5.56 Å². The highest BCUT2D eigenvalue weighted by Crippen LogP contribution is 2.18. The third-order valence-electron chi connectivity index (χ3n) is 5.52. The second-order valence-electron chi connectivity index (χ2n) is 8.09. The molecular weight excluding hydrogens is 434 g/mol. The molecule has 0 atom stereocenters. The van der Waals surface area contributed by atoms with E-state index in [2.05, 4.69) is 35.0 Å². The van der Waals surface area contributed by atoms with Gasteiger partial charge in [0.05, 0.1) is 24.0 Å². The van der Waals surface area contributed by atoms with Crippen LogP contribution in [-0.2, 0) is 24.2 Å². The molecule has 0 fully saturated rings. The predicted molar refractivity (Wildman–Crippen MR) is 133 cm³/mol. The molecule has 4 rings (SSSR count). The highest BCUT2D eigenvalue weighted by molar-refractivity contribution is 6.30. The van der Waals surface area contributed by atoms with Crippen molar-refractivity contribution in [3.05, 3.63) is 94.8 Å². The predicted octanol–water partition coefficient (Wildman–Crippen LogP) is 5.37. The van der Waals surface area contributed by atoms with E-state index < -0.39 is 0 Å². The van der Waals surface area contributed by atoms with Gasteiger partial charge in [0.2, 0.25) is 5.91 Å². The van der Waals surface area contributed by atoms with Gasteiger partial charge < -0.3 is 14.6 Å². The second kappa shape index (κ2) is 11.0. The first-order chi connectivity index (χ1) is 16.1. The topological polar surface area (TPSA) is 56.1 Å². The number of rotatable bonds is 10. The van der Waals surface area contributed by atoms with Crippen LogP contribution in [0.1, 0.15) is 23.4 Å². The molecule has 0 aliphatic carbocycles. The SMILES string of the molecule is Cc1ccc(OCCn2c(CCCNC(=O)Cc3ccc(Cl)cc3)nc3ccccc32)cc1. The molecule has 0 unspecified atom stereocenters. The van der Waals surface area contributed by atoms with Crippen molar-refractivity contribution in [2.24, 2.45) is 0 Å². The summed E-state index contributed by atoms with van der Waals surface area (Å²) in [4.78, 5) is 17.1.